The van der Waals surface area contributed by atoms with Crippen LogP contribution in [0, 0.1) is 0 Å². The Hall–Kier alpha value is -3.21. The first-order chi connectivity index (χ1) is 17.4. The maximum Gasteiger partial charge on any atom is 0.264 e. The van der Waals surface area contributed by atoms with Crippen molar-refractivity contribution in [2.24, 2.45) is 7.05 Å². The van der Waals surface area contributed by atoms with Gasteiger partial charge in [0.15, 0.2) is 0 Å². The largest absolute Gasteiger partial charge is 0.497 e. The first kappa shape index (κ1) is 25.9. The second-order valence-corrected chi connectivity index (χ2v) is 9.79. The van der Waals surface area contributed by atoms with Gasteiger partial charge in [0.25, 0.3) is 5.91 Å². The molecular weight excluding hydrogens is 480 g/mol. The molecule has 4 rings (SSSR count). The fraction of sp³-hybridized carbons (Fsp3) is 0.423. The van der Waals surface area contributed by atoms with Crippen molar-refractivity contribution >= 4 is 33.2 Å². The van der Waals surface area contributed by atoms with E-state index in [4.69, 9.17) is 9.47 Å². The van der Waals surface area contributed by atoms with E-state index in [1.165, 1.54) is 22.0 Å². The number of pyridine rings is 1. The molecule has 3 heterocycles. The Morgan fingerprint density at radius 3 is 2.64 bits per heavy atom. The predicted molar refractivity (Wildman–Crippen MR) is 141 cm³/mol. The SMILES string of the molecule is CNC(=O)CCN(CCN1CCOCC1)C(=O)c1cc2cc(OC)cc(-c3ccc(=O)n(C)c3)c2s1. The lowest BCUT2D eigenvalue weighted by Gasteiger charge is -2.30. The molecule has 0 radical (unpaired) electrons. The van der Waals surface area contributed by atoms with E-state index in [2.05, 4.69) is 10.2 Å². The summed E-state index contributed by atoms with van der Waals surface area (Å²) in [5.41, 5.74) is 1.67. The molecule has 10 heteroatoms. The van der Waals surface area contributed by atoms with Gasteiger partial charge in [-0.25, -0.2) is 0 Å². The number of hydrogen-bond acceptors (Lipinski definition) is 7. The number of rotatable bonds is 9. The highest BCUT2D eigenvalue weighted by molar-refractivity contribution is 7.21. The highest BCUT2D eigenvalue weighted by atomic mass is 32.1. The molecular formula is C26H32N4O5S. The summed E-state index contributed by atoms with van der Waals surface area (Å²) in [7, 11) is 4.92. The zero-order valence-corrected chi connectivity index (χ0v) is 21.7. The summed E-state index contributed by atoms with van der Waals surface area (Å²) in [6.45, 7) is 4.66. The van der Waals surface area contributed by atoms with Gasteiger partial charge in [0.1, 0.15) is 5.75 Å². The minimum Gasteiger partial charge on any atom is -0.497 e. The van der Waals surface area contributed by atoms with Crippen molar-refractivity contribution in [2.75, 3.05) is 60.1 Å². The molecule has 9 nitrogen and oxygen atoms in total. The van der Waals surface area contributed by atoms with Crippen molar-refractivity contribution in [1.82, 2.24) is 19.7 Å². The molecule has 1 fully saturated rings. The third-order valence-electron chi connectivity index (χ3n) is 6.40. The third-order valence-corrected chi connectivity index (χ3v) is 7.57. The molecule has 192 valence electrons. The second kappa shape index (κ2) is 11.7. The van der Waals surface area contributed by atoms with Crippen molar-refractivity contribution in [1.29, 1.82) is 0 Å². The molecule has 36 heavy (non-hydrogen) atoms. The van der Waals surface area contributed by atoms with Gasteiger partial charge in [-0.2, -0.15) is 0 Å². The van der Waals surface area contributed by atoms with Gasteiger partial charge in [0, 0.05) is 75.8 Å². The molecule has 0 unspecified atom stereocenters. The summed E-state index contributed by atoms with van der Waals surface area (Å²) in [6, 6.07) is 9.05. The smallest absolute Gasteiger partial charge is 0.264 e. The minimum atomic E-state index is -0.0998. The summed E-state index contributed by atoms with van der Waals surface area (Å²) in [5, 5.41) is 3.53. The number of carbonyl (C=O) groups excluding carboxylic acids is 2. The van der Waals surface area contributed by atoms with Gasteiger partial charge in [-0.1, -0.05) is 0 Å². The van der Waals surface area contributed by atoms with Gasteiger partial charge in [0.05, 0.1) is 25.2 Å². The molecule has 1 aliphatic heterocycles. The normalized spacial score (nSPS) is 14.1. The van der Waals surface area contributed by atoms with Crippen LogP contribution in [0.4, 0.5) is 0 Å². The summed E-state index contributed by atoms with van der Waals surface area (Å²) in [5.74, 6) is 0.475. The predicted octanol–water partition coefficient (Wildman–Crippen LogP) is 2.19. The number of thiophene rings is 1. The topological polar surface area (TPSA) is 93.1 Å². The Labute approximate surface area is 214 Å². The lowest BCUT2D eigenvalue weighted by atomic mass is 10.1. The number of nitrogens with zero attached hydrogens (tertiary/aromatic N) is 3. The highest BCUT2D eigenvalue weighted by Crippen LogP contribution is 2.38. The van der Waals surface area contributed by atoms with Crippen LogP contribution in [-0.4, -0.2) is 86.3 Å². The number of benzene rings is 1. The van der Waals surface area contributed by atoms with Gasteiger partial charge in [-0.15, -0.1) is 11.3 Å². The lowest BCUT2D eigenvalue weighted by Crippen LogP contribution is -2.43. The van der Waals surface area contributed by atoms with E-state index in [1.54, 1.807) is 38.4 Å². The molecule has 1 saturated heterocycles. The van der Waals surface area contributed by atoms with Crippen molar-refractivity contribution in [2.45, 2.75) is 6.42 Å². The number of amides is 2. The van der Waals surface area contributed by atoms with Crippen LogP contribution < -0.4 is 15.6 Å². The van der Waals surface area contributed by atoms with Crippen LogP contribution in [0.25, 0.3) is 21.2 Å². The standard InChI is InChI=1S/C26H32N4O5S/c1-27-23(31)6-7-30(9-8-29-10-12-35-13-11-29)26(33)22-15-19-14-20(34-3)16-21(25(19)36-22)18-4-5-24(32)28(2)17-18/h4-5,14-17H,6-13H2,1-3H3,(H,27,31). The van der Waals surface area contributed by atoms with Crippen LogP contribution >= 0.6 is 11.3 Å². The van der Waals surface area contributed by atoms with Crippen molar-refractivity contribution in [3.05, 3.63) is 51.8 Å². The molecule has 1 aromatic carbocycles. The number of aryl methyl sites for hydroxylation is 1. The van der Waals surface area contributed by atoms with Gasteiger partial charge >= 0.3 is 0 Å². The van der Waals surface area contributed by atoms with Crippen LogP contribution in [0.5, 0.6) is 5.75 Å². The molecule has 1 aliphatic rings. The summed E-state index contributed by atoms with van der Waals surface area (Å²) >= 11 is 1.42. The average Bonchev–Trinajstić information content (AvgIpc) is 3.34. The molecule has 0 saturated carbocycles. The van der Waals surface area contributed by atoms with Gasteiger partial charge in [0.2, 0.25) is 11.5 Å². The molecule has 2 aromatic heterocycles. The van der Waals surface area contributed by atoms with E-state index in [0.717, 1.165) is 40.8 Å². The summed E-state index contributed by atoms with van der Waals surface area (Å²) in [6.07, 6.45) is 2.03. The molecule has 0 atom stereocenters. The van der Waals surface area contributed by atoms with E-state index in [9.17, 15) is 14.4 Å². The van der Waals surface area contributed by atoms with E-state index < -0.39 is 0 Å². The Kier molecular flexibility index (Phi) is 8.40. The first-order valence-electron chi connectivity index (χ1n) is 12.0. The van der Waals surface area contributed by atoms with Gasteiger partial charge < -0.3 is 24.3 Å². The highest BCUT2D eigenvalue weighted by Gasteiger charge is 2.22. The van der Waals surface area contributed by atoms with Crippen LogP contribution in [0.1, 0.15) is 16.1 Å². The number of methoxy groups -OCH3 is 1. The molecule has 0 spiro atoms. The monoisotopic (exact) mass is 512 g/mol. The van der Waals surface area contributed by atoms with E-state index in [0.29, 0.717) is 36.9 Å². The van der Waals surface area contributed by atoms with E-state index >= 15 is 0 Å². The quantitative estimate of drug-likeness (QED) is 0.473. The average molecular weight is 513 g/mol. The number of fused-ring (bicyclic) bond motifs is 1. The lowest BCUT2D eigenvalue weighted by molar-refractivity contribution is -0.120. The number of hydrogen-bond donors (Lipinski definition) is 1. The maximum atomic E-state index is 13.7. The molecule has 0 aliphatic carbocycles. The summed E-state index contributed by atoms with van der Waals surface area (Å²) < 4.78 is 13.4. The number of nitrogens with one attached hydrogen (secondary N) is 1. The first-order valence-corrected chi connectivity index (χ1v) is 12.8. The Morgan fingerprint density at radius 1 is 1.17 bits per heavy atom. The van der Waals surface area contributed by atoms with Crippen LogP contribution in [0.2, 0.25) is 0 Å². The molecule has 3 aromatic rings. The fourth-order valence-corrected chi connectivity index (χ4v) is 5.38. The van der Waals surface area contributed by atoms with E-state index in [1.807, 2.05) is 18.2 Å². The number of aromatic nitrogens is 1. The zero-order chi connectivity index (χ0) is 25.7. The van der Waals surface area contributed by atoms with Crippen LogP contribution in [-0.2, 0) is 16.6 Å². The van der Waals surface area contributed by atoms with Crippen molar-refractivity contribution in [3.63, 3.8) is 0 Å². The molecule has 2 amide bonds. The number of carbonyl (C=O) groups is 2. The van der Waals surface area contributed by atoms with E-state index in [-0.39, 0.29) is 23.8 Å². The summed E-state index contributed by atoms with van der Waals surface area (Å²) in [4.78, 5) is 42.2. The third kappa shape index (κ3) is 5.95. The Balaban J connectivity index is 1.65. The minimum absolute atomic E-state index is 0.0908. The maximum absolute atomic E-state index is 13.7. The second-order valence-electron chi connectivity index (χ2n) is 8.74. The van der Waals surface area contributed by atoms with Crippen LogP contribution in [0.3, 0.4) is 0 Å². The Bertz CT molecular complexity index is 1300. The molecule has 1 N–H and O–H groups in total. The van der Waals surface area contributed by atoms with Gasteiger partial charge in [-0.05, 0) is 35.2 Å². The van der Waals surface area contributed by atoms with Crippen molar-refractivity contribution in [3.8, 4) is 16.9 Å². The molecule has 0 bridgehead atoms. The zero-order valence-electron chi connectivity index (χ0n) is 20.9. The van der Waals surface area contributed by atoms with Crippen molar-refractivity contribution < 1.29 is 19.1 Å². The number of ether oxygens (including phenoxy) is 2. The number of morpholine rings is 1. The van der Waals surface area contributed by atoms with Crippen LogP contribution in [0.15, 0.2) is 41.3 Å². The fourth-order valence-electron chi connectivity index (χ4n) is 4.24. The van der Waals surface area contributed by atoms with Gasteiger partial charge in [-0.3, -0.25) is 19.3 Å². The Morgan fingerprint density at radius 2 is 1.94 bits per heavy atom.